The van der Waals surface area contributed by atoms with Gasteiger partial charge in [0.15, 0.2) is 0 Å². The number of nitrogen functional groups attached to an aromatic ring is 1. The van der Waals surface area contributed by atoms with E-state index in [9.17, 15) is 0 Å². The Kier molecular flexibility index (Phi) is 3.07. The van der Waals surface area contributed by atoms with Crippen LogP contribution in [0.4, 0.5) is 5.69 Å². The molecule has 0 saturated carbocycles. The SMILES string of the molecule is Cc1ccc(C)n1-c1ccc(-c2ccc(N)cc2)cc1. The molecule has 0 amide bonds. The molecule has 2 aromatic carbocycles. The van der Waals surface area contributed by atoms with Gasteiger partial charge in [-0.2, -0.15) is 0 Å². The first kappa shape index (κ1) is 12.5. The Hall–Kier alpha value is -2.48. The van der Waals surface area contributed by atoms with Gasteiger partial charge in [-0.3, -0.25) is 0 Å². The van der Waals surface area contributed by atoms with Crippen molar-refractivity contribution in [3.63, 3.8) is 0 Å². The Bertz CT molecular complexity index is 700. The molecule has 0 aliphatic rings. The normalized spacial score (nSPS) is 10.7. The first-order valence-corrected chi connectivity index (χ1v) is 6.76. The van der Waals surface area contributed by atoms with Crippen molar-refractivity contribution in [2.45, 2.75) is 13.8 Å². The highest BCUT2D eigenvalue weighted by Gasteiger charge is 2.04. The van der Waals surface area contributed by atoms with E-state index in [0.717, 1.165) is 5.69 Å². The van der Waals surface area contributed by atoms with Crippen LogP contribution in [-0.2, 0) is 0 Å². The molecule has 100 valence electrons. The van der Waals surface area contributed by atoms with Gasteiger partial charge >= 0.3 is 0 Å². The average Bonchev–Trinajstić information content (AvgIpc) is 2.79. The molecule has 1 aromatic heterocycles. The van der Waals surface area contributed by atoms with Crippen molar-refractivity contribution < 1.29 is 0 Å². The van der Waals surface area contributed by atoms with Gasteiger partial charge in [-0.05, 0) is 61.4 Å². The summed E-state index contributed by atoms with van der Waals surface area (Å²) in [7, 11) is 0. The van der Waals surface area contributed by atoms with Crippen LogP contribution in [0.3, 0.4) is 0 Å². The molecule has 20 heavy (non-hydrogen) atoms. The maximum Gasteiger partial charge on any atom is 0.0455 e. The molecule has 0 unspecified atom stereocenters. The van der Waals surface area contributed by atoms with E-state index in [1.807, 2.05) is 12.1 Å². The molecule has 2 nitrogen and oxygen atoms in total. The minimum Gasteiger partial charge on any atom is -0.399 e. The standard InChI is InChI=1S/C18H18N2/c1-13-3-4-14(2)20(13)18-11-7-16(8-12-18)15-5-9-17(19)10-6-15/h3-12H,19H2,1-2H3. The van der Waals surface area contributed by atoms with E-state index in [1.165, 1.54) is 28.2 Å². The third-order valence-electron chi connectivity index (χ3n) is 3.64. The summed E-state index contributed by atoms with van der Waals surface area (Å²) in [5.41, 5.74) is 12.6. The summed E-state index contributed by atoms with van der Waals surface area (Å²) in [5.74, 6) is 0. The number of hydrogen-bond donors (Lipinski definition) is 1. The first-order chi connectivity index (χ1) is 9.65. The first-order valence-electron chi connectivity index (χ1n) is 6.76. The Morgan fingerprint density at radius 3 is 1.60 bits per heavy atom. The summed E-state index contributed by atoms with van der Waals surface area (Å²) < 4.78 is 2.26. The molecule has 0 radical (unpaired) electrons. The van der Waals surface area contributed by atoms with Crippen LogP contribution in [0.2, 0.25) is 0 Å². The fraction of sp³-hybridized carbons (Fsp3) is 0.111. The lowest BCUT2D eigenvalue weighted by atomic mass is 10.1. The highest BCUT2D eigenvalue weighted by atomic mass is 15.0. The predicted octanol–water partition coefficient (Wildman–Crippen LogP) is 4.34. The van der Waals surface area contributed by atoms with Gasteiger partial charge in [-0.25, -0.2) is 0 Å². The van der Waals surface area contributed by atoms with E-state index in [4.69, 9.17) is 5.73 Å². The van der Waals surface area contributed by atoms with Gasteiger partial charge in [0.05, 0.1) is 0 Å². The molecule has 2 heteroatoms. The molecule has 3 rings (SSSR count). The van der Waals surface area contributed by atoms with Gasteiger partial charge in [0.2, 0.25) is 0 Å². The van der Waals surface area contributed by atoms with E-state index in [0.29, 0.717) is 0 Å². The zero-order valence-corrected chi connectivity index (χ0v) is 11.8. The molecular formula is C18H18N2. The second kappa shape index (κ2) is 4.89. The van der Waals surface area contributed by atoms with E-state index in [2.05, 4.69) is 66.9 Å². The molecule has 2 N–H and O–H groups in total. The number of nitrogens with two attached hydrogens (primary N) is 1. The molecule has 0 aliphatic heterocycles. The lowest BCUT2D eigenvalue weighted by molar-refractivity contribution is 0.966. The fourth-order valence-electron chi connectivity index (χ4n) is 2.55. The summed E-state index contributed by atoms with van der Waals surface area (Å²) in [6, 6.07) is 20.9. The topological polar surface area (TPSA) is 30.9 Å². The second-order valence-electron chi connectivity index (χ2n) is 5.12. The van der Waals surface area contributed by atoms with Gasteiger partial charge < -0.3 is 10.3 Å². The van der Waals surface area contributed by atoms with Gasteiger partial charge in [-0.15, -0.1) is 0 Å². The van der Waals surface area contributed by atoms with Crippen molar-refractivity contribution in [3.05, 3.63) is 72.1 Å². The summed E-state index contributed by atoms with van der Waals surface area (Å²) >= 11 is 0. The van der Waals surface area contributed by atoms with Crippen LogP contribution in [-0.4, -0.2) is 4.57 Å². The summed E-state index contributed by atoms with van der Waals surface area (Å²) in [5, 5.41) is 0. The van der Waals surface area contributed by atoms with Crippen molar-refractivity contribution in [1.29, 1.82) is 0 Å². The largest absolute Gasteiger partial charge is 0.399 e. The number of hydrogen-bond acceptors (Lipinski definition) is 1. The van der Waals surface area contributed by atoms with Crippen LogP contribution < -0.4 is 5.73 Å². The molecule has 0 aliphatic carbocycles. The number of rotatable bonds is 2. The van der Waals surface area contributed by atoms with Crippen LogP contribution >= 0.6 is 0 Å². The van der Waals surface area contributed by atoms with Crippen LogP contribution in [0, 0.1) is 13.8 Å². The van der Waals surface area contributed by atoms with Crippen LogP contribution in [0.25, 0.3) is 16.8 Å². The van der Waals surface area contributed by atoms with Gasteiger partial charge in [0.1, 0.15) is 0 Å². The second-order valence-corrected chi connectivity index (χ2v) is 5.12. The molecule has 1 heterocycles. The maximum atomic E-state index is 5.72. The zero-order valence-electron chi connectivity index (χ0n) is 11.8. The molecule has 0 saturated heterocycles. The minimum atomic E-state index is 0.795. The Balaban J connectivity index is 1.98. The van der Waals surface area contributed by atoms with Crippen molar-refractivity contribution in [2.75, 3.05) is 5.73 Å². The number of nitrogens with zero attached hydrogens (tertiary/aromatic N) is 1. The maximum absolute atomic E-state index is 5.72. The Morgan fingerprint density at radius 1 is 0.650 bits per heavy atom. The minimum absolute atomic E-state index is 0.795. The van der Waals surface area contributed by atoms with Crippen LogP contribution in [0.5, 0.6) is 0 Å². The molecular weight excluding hydrogens is 244 g/mol. The van der Waals surface area contributed by atoms with Gasteiger partial charge in [-0.1, -0.05) is 24.3 Å². The average molecular weight is 262 g/mol. The smallest absolute Gasteiger partial charge is 0.0455 e. The van der Waals surface area contributed by atoms with E-state index >= 15 is 0 Å². The van der Waals surface area contributed by atoms with Crippen LogP contribution in [0.1, 0.15) is 11.4 Å². The Labute approximate surface area is 119 Å². The Morgan fingerprint density at radius 2 is 1.10 bits per heavy atom. The van der Waals surface area contributed by atoms with Gasteiger partial charge in [0, 0.05) is 22.8 Å². The third kappa shape index (κ3) is 2.21. The number of anilines is 1. The molecule has 0 spiro atoms. The third-order valence-corrected chi connectivity index (χ3v) is 3.64. The monoisotopic (exact) mass is 262 g/mol. The fourth-order valence-corrected chi connectivity index (χ4v) is 2.55. The molecule has 0 bridgehead atoms. The number of aromatic nitrogens is 1. The van der Waals surface area contributed by atoms with E-state index < -0.39 is 0 Å². The quantitative estimate of drug-likeness (QED) is 0.684. The van der Waals surface area contributed by atoms with E-state index in [1.54, 1.807) is 0 Å². The lowest BCUT2D eigenvalue weighted by Crippen LogP contribution is -1.98. The number of benzene rings is 2. The van der Waals surface area contributed by atoms with Crippen LogP contribution in [0.15, 0.2) is 60.7 Å². The van der Waals surface area contributed by atoms with Gasteiger partial charge in [0.25, 0.3) is 0 Å². The van der Waals surface area contributed by atoms with Crippen molar-refractivity contribution in [1.82, 2.24) is 4.57 Å². The lowest BCUT2D eigenvalue weighted by Gasteiger charge is -2.10. The summed E-state index contributed by atoms with van der Waals surface area (Å²) in [6.07, 6.45) is 0. The van der Waals surface area contributed by atoms with E-state index in [-0.39, 0.29) is 0 Å². The molecule has 3 aromatic rings. The van der Waals surface area contributed by atoms with Crippen molar-refractivity contribution in [2.24, 2.45) is 0 Å². The highest BCUT2D eigenvalue weighted by molar-refractivity contribution is 5.66. The number of aryl methyl sites for hydroxylation is 2. The molecule has 0 atom stereocenters. The zero-order chi connectivity index (χ0) is 14.1. The van der Waals surface area contributed by atoms with Crippen molar-refractivity contribution >= 4 is 5.69 Å². The summed E-state index contributed by atoms with van der Waals surface area (Å²) in [6.45, 7) is 4.25. The predicted molar refractivity (Wildman–Crippen MR) is 85.1 cm³/mol. The highest BCUT2D eigenvalue weighted by Crippen LogP contribution is 2.23. The summed E-state index contributed by atoms with van der Waals surface area (Å²) in [4.78, 5) is 0. The molecule has 0 fully saturated rings. The van der Waals surface area contributed by atoms with Crippen molar-refractivity contribution in [3.8, 4) is 16.8 Å².